The van der Waals surface area contributed by atoms with Gasteiger partial charge in [0.15, 0.2) is 5.65 Å². The summed E-state index contributed by atoms with van der Waals surface area (Å²) >= 11 is 5.95. The molecule has 0 unspecified atom stereocenters. The smallest absolute Gasteiger partial charge is 0.348 e. The molecule has 0 fully saturated rings. The van der Waals surface area contributed by atoms with Crippen molar-refractivity contribution in [3.63, 3.8) is 0 Å². The largest absolute Gasteiger partial charge is 0.350 e. The average molecular weight is 345 g/mol. The van der Waals surface area contributed by atoms with Gasteiger partial charge in [-0.25, -0.2) is 9.48 Å². The van der Waals surface area contributed by atoms with E-state index < -0.39 is 0 Å². The zero-order chi connectivity index (χ0) is 17.3. The molecule has 1 amide bonds. The Morgan fingerprint density at radius 2 is 2.12 bits per heavy atom. The average Bonchev–Trinajstić information content (AvgIpc) is 2.83. The molecule has 6 nitrogen and oxygen atoms in total. The molecule has 1 N–H and O–H groups in total. The van der Waals surface area contributed by atoms with Gasteiger partial charge >= 0.3 is 5.69 Å². The van der Waals surface area contributed by atoms with Crippen LogP contribution in [0.25, 0.3) is 5.65 Å². The minimum absolute atomic E-state index is 0.127. The summed E-state index contributed by atoms with van der Waals surface area (Å²) in [6.45, 7) is 3.70. The van der Waals surface area contributed by atoms with E-state index in [1.54, 1.807) is 30.5 Å². The van der Waals surface area contributed by atoms with Gasteiger partial charge < -0.3 is 5.32 Å². The quantitative estimate of drug-likeness (QED) is 0.789. The standard InChI is InChI=1S/C17H17ClN4O2/c1-11-9-13(18)6-7-14(11)12(2)19-16(23)10-22-17(24)21-8-4-3-5-15(21)20-22/h3-9,12H,10H2,1-2H3,(H,19,23)/t12-/m0/s1. The van der Waals surface area contributed by atoms with Crippen molar-refractivity contribution in [2.24, 2.45) is 0 Å². The molecular weight excluding hydrogens is 328 g/mol. The number of pyridine rings is 1. The number of hydrogen-bond acceptors (Lipinski definition) is 3. The van der Waals surface area contributed by atoms with E-state index >= 15 is 0 Å². The molecule has 0 aliphatic rings. The summed E-state index contributed by atoms with van der Waals surface area (Å²) in [5.41, 5.74) is 2.16. The van der Waals surface area contributed by atoms with Crippen LogP contribution in [0.1, 0.15) is 24.1 Å². The Morgan fingerprint density at radius 3 is 2.83 bits per heavy atom. The molecule has 1 atom stereocenters. The molecule has 3 aromatic rings. The van der Waals surface area contributed by atoms with E-state index in [-0.39, 0.29) is 24.2 Å². The fourth-order valence-corrected chi connectivity index (χ4v) is 2.92. The van der Waals surface area contributed by atoms with Gasteiger partial charge in [-0.05, 0) is 49.2 Å². The predicted octanol–water partition coefficient (Wildman–Crippen LogP) is 2.34. The summed E-state index contributed by atoms with van der Waals surface area (Å²) in [4.78, 5) is 24.4. The van der Waals surface area contributed by atoms with E-state index in [1.165, 1.54) is 4.40 Å². The number of halogens is 1. The molecule has 0 aliphatic heterocycles. The molecule has 124 valence electrons. The molecule has 2 heterocycles. The molecule has 1 aromatic carbocycles. The lowest BCUT2D eigenvalue weighted by Crippen LogP contribution is -2.34. The van der Waals surface area contributed by atoms with Crippen LogP contribution in [-0.2, 0) is 11.3 Å². The van der Waals surface area contributed by atoms with E-state index in [4.69, 9.17) is 11.6 Å². The summed E-state index contributed by atoms with van der Waals surface area (Å²) in [5.74, 6) is -0.276. The highest BCUT2D eigenvalue weighted by Crippen LogP contribution is 2.21. The van der Waals surface area contributed by atoms with Crippen molar-refractivity contribution in [2.45, 2.75) is 26.4 Å². The highest BCUT2D eigenvalue weighted by atomic mass is 35.5. The van der Waals surface area contributed by atoms with E-state index in [2.05, 4.69) is 10.4 Å². The minimum atomic E-state index is -0.337. The van der Waals surface area contributed by atoms with Gasteiger partial charge in [-0.3, -0.25) is 9.20 Å². The zero-order valence-corrected chi connectivity index (χ0v) is 14.1. The molecular formula is C17H17ClN4O2. The Morgan fingerprint density at radius 1 is 1.33 bits per heavy atom. The Hall–Kier alpha value is -2.60. The molecule has 0 saturated carbocycles. The van der Waals surface area contributed by atoms with E-state index in [0.717, 1.165) is 15.8 Å². The third-order valence-corrected chi connectivity index (χ3v) is 4.09. The highest BCUT2D eigenvalue weighted by Gasteiger charge is 2.14. The molecule has 0 radical (unpaired) electrons. The summed E-state index contributed by atoms with van der Waals surface area (Å²) in [6.07, 6.45) is 1.62. The van der Waals surface area contributed by atoms with Crippen molar-refractivity contribution in [3.8, 4) is 0 Å². The van der Waals surface area contributed by atoms with Crippen molar-refractivity contribution in [1.82, 2.24) is 19.5 Å². The predicted molar refractivity (Wildman–Crippen MR) is 92.2 cm³/mol. The fraction of sp³-hybridized carbons (Fsp3) is 0.235. The van der Waals surface area contributed by atoms with Gasteiger partial charge in [-0.15, -0.1) is 5.10 Å². The van der Waals surface area contributed by atoms with Crippen LogP contribution in [0, 0.1) is 6.92 Å². The number of aryl methyl sites for hydroxylation is 1. The SMILES string of the molecule is Cc1cc(Cl)ccc1[C@H](C)NC(=O)Cn1nc2ccccn2c1=O. The van der Waals surface area contributed by atoms with Crippen LogP contribution in [0.3, 0.4) is 0 Å². The first-order chi connectivity index (χ1) is 11.5. The molecule has 0 aliphatic carbocycles. The first-order valence-corrected chi connectivity index (χ1v) is 7.93. The van der Waals surface area contributed by atoms with Crippen molar-refractivity contribution < 1.29 is 4.79 Å². The number of carbonyl (C=O) groups excluding carboxylic acids is 1. The number of nitrogens with one attached hydrogen (secondary N) is 1. The molecule has 7 heteroatoms. The molecule has 0 bridgehead atoms. The second kappa shape index (κ2) is 6.49. The van der Waals surface area contributed by atoms with Crippen molar-refractivity contribution in [2.75, 3.05) is 0 Å². The van der Waals surface area contributed by atoms with Crippen LogP contribution >= 0.6 is 11.6 Å². The summed E-state index contributed by atoms with van der Waals surface area (Å²) < 4.78 is 2.56. The van der Waals surface area contributed by atoms with Crippen LogP contribution in [-0.4, -0.2) is 20.1 Å². The van der Waals surface area contributed by atoms with Crippen LogP contribution in [0.2, 0.25) is 5.02 Å². The number of nitrogens with zero attached hydrogens (tertiary/aromatic N) is 3. The minimum Gasteiger partial charge on any atom is -0.348 e. The summed E-state index contributed by atoms with van der Waals surface area (Å²) in [7, 11) is 0. The maximum atomic E-state index is 12.3. The number of fused-ring (bicyclic) bond motifs is 1. The van der Waals surface area contributed by atoms with E-state index in [1.807, 2.05) is 26.0 Å². The third-order valence-electron chi connectivity index (χ3n) is 3.86. The number of amides is 1. The zero-order valence-electron chi connectivity index (χ0n) is 13.4. The second-order valence-electron chi connectivity index (χ2n) is 5.66. The van der Waals surface area contributed by atoms with Gasteiger partial charge in [0.2, 0.25) is 5.91 Å². The van der Waals surface area contributed by atoms with Crippen molar-refractivity contribution in [1.29, 1.82) is 0 Å². The first-order valence-electron chi connectivity index (χ1n) is 7.55. The van der Waals surface area contributed by atoms with Crippen LogP contribution in [0.4, 0.5) is 0 Å². The lowest BCUT2D eigenvalue weighted by molar-refractivity contribution is -0.122. The number of hydrogen-bond donors (Lipinski definition) is 1. The van der Waals surface area contributed by atoms with Crippen LogP contribution in [0.15, 0.2) is 47.4 Å². The van der Waals surface area contributed by atoms with Crippen molar-refractivity contribution >= 4 is 23.2 Å². The van der Waals surface area contributed by atoms with E-state index in [0.29, 0.717) is 10.7 Å². The number of aromatic nitrogens is 3. The molecule has 24 heavy (non-hydrogen) atoms. The topological polar surface area (TPSA) is 68.4 Å². The van der Waals surface area contributed by atoms with Crippen LogP contribution in [0.5, 0.6) is 0 Å². The Kier molecular flexibility index (Phi) is 4.40. The second-order valence-corrected chi connectivity index (χ2v) is 6.10. The third kappa shape index (κ3) is 3.19. The summed E-state index contributed by atoms with van der Waals surface area (Å²) in [6, 6.07) is 10.6. The first kappa shape index (κ1) is 16.3. The highest BCUT2D eigenvalue weighted by molar-refractivity contribution is 6.30. The van der Waals surface area contributed by atoms with E-state index in [9.17, 15) is 9.59 Å². The van der Waals surface area contributed by atoms with Gasteiger partial charge in [0.1, 0.15) is 6.54 Å². The van der Waals surface area contributed by atoms with Crippen molar-refractivity contribution in [3.05, 3.63) is 69.2 Å². The number of rotatable bonds is 4. The maximum absolute atomic E-state index is 12.3. The van der Waals surface area contributed by atoms with Gasteiger partial charge in [0.05, 0.1) is 6.04 Å². The molecule has 0 saturated heterocycles. The van der Waals surface area contributed by atoms with Crippen LogP contribution < -0.4 is 11.0 Å². The molecule has 0 spiro atoms. The van der Waals surface area contributed by atoms with Gasteiger partial charge in [-0.2, -0.15) is 0 Å². The lowest BCUT2D eigenvalue weighted by atomic mass is 10.0. The normalized spacial score (nSPS) is 12.3. The Labute approximate surface area is 143 Å². The Bertz CT molecular complexity index is 961. The van der Waals surface area contributed by atoms with Gasteiger partial charge in [0, 0.05) is 11.2 Å². The number of benzene rings is 1. The Balaban J connectivity index is 1.75. The molecule has 2 aromatic heterocycles. The lowest BCUT2D eigenvalue weighted by Gasteiger charge is -2.16. The van der Waals surface area contributed by atoms with Gasteiger partial charge in [-0.1, -0.05) is 23.7 Å². The maximum Gasteiger partial charge on any atom is 0.350 e. The summed E-state index contributed by atoms with van der Waals surface area (Å²) in [5, 5.41) is 7.69. The van der Waals surface area contributed by atoms with Gasteiger partial charge in [0.25, 0.3) is 0 Å². The molecule has 3 rings (SSSR count). The monoisotopic (exact) mass is 344 g/mol. The fourth-order valence-electron chi connectivity index (χ4n) is 2.70. The number of carbonyl (C=O) groups is 1.